The Morgan fingerprint density at radius 1 is 0.950 bits per heavy atom. The number of nitrogens with zero attached hydrogens (tertiary/aromatic N) is 3. The molecule has 2 rings (SSSR count). The molecule has 2 N–H and O–H groups in total. The second kappa shape index (κ2) is 6.30. The number of hydrogen-bond acceptors (Lipinski definition) is 4. The van der Waals surface area contributed by atoms with E-state index in [0.29, 0.717) is 5.41 Å². The zero-order valence-electron chi connectivity index (χ0n) is 14.0. The number of piperazine rings is 1. The van der Waals surface area contributed by atoms with Crippen LogP contribution < -0.4 is 5.73 Å². The third-order valence-electron chi connectivity index (χ3n) is 4.90. The van der Waals surface area contributed by atoms with Crippen LogP contribution >= 0.6 is 0 Å². The van der Waals surface area contributed by atoms with Crippen molar-refractivity contribution in [3.05, 3.63) is 0 Å². The van der Waals surface area contributed by atoms with Gasteiger partial charge in [0.05, 0.1) is 0 Å². The number of piperidine rings is 1. The van der Waals surface area contributed by atoms with Gasteiger partial charge in [0.1, 0.15) is 0 Å². The number of rotatable bonds is 4. The molecule has 0 aliphatic carbocycles. The summed E-state index contributed by atoms with van der Waals surface area (Å²) < 4.78 is 0. The molecular formula is C16H34N4. The lowest BCUT2D eigenvalue weighted by atomic mass is 9.79. The van der Waals surface area contributed by atoms with Crippen molar-refractivity contribution in [2.24, 2.45) is 11.1 Å². The van der Waals surface area contributed by atoms with Crippen molar-refractivity contribution in [1.29, 1.82) is 0 Å². The molecule has 118 valence electrons. The quantitative estimate of drug-likeness (QED) is 0.837. The van der Waals surface area contributed by atoms with Crippen LogP contribution in [0.15, 0.2) is 0 Å². The molecule has 4 heteroatoms. The Balaban J connectivity index is 1.76. The van der Waals surface area contributed by atoms with Crippen molar-refractivity contribution in [3.8, 4) is 0 Å². The molecule has 4 nitrogen and oxygen atoms in total. The van der Waals surface area contributed by atoms with Gasteiger partial charge in [-0.15, -0.1) is 0 Å². The summed E-state index contributed by atoms with van der Waals surface area (Å²) in [6.07, 6.45) is 2.63. The standard InChI is InChI=1S/C16H34N4/c1-15(2,17)13-19-7-5-16(3,6-8-19)14-20-11-9-18(4)10-12-20/h5-14,17H2,1-4H3. The molecule has 0 aromatic carbocycles. The van der Waals surface area contributed by atoms with Gasteiger partial charge in [-0.05, 0) is 52.2 Å². The number of hydrogen-bond donors (Lipinski definition) is 1. The maximum atomic E-state index is 6.14. The number of likely N-dealkylation sites (tertiary alicyclic amines) is 1. The fraction of sp³-hybridized carbons (Fsp3) is 1.00. The molecule has 0 aromatic rings. The summed E-state index contributed by atoms with van der Waals surface area (Å²) >= 11 is 0. The lowest BCUT2D eigenvalue weighted by molar-refractivity contribution is 0.0489. The van der Waals surface area contributed by atoms with Crippen LogP contribution in [0.2, 0.25) is 0 Å². The molecule has 0 amide bonds. The van der Waals surface area contributed by atoms with Gasteiger partial charge in [-0.1, -0.05) is 6.92 Å². The van der Waals surface area contributed by atoms with E-state index in [0.717, 1.165) is 6.54 Å². The van der Waals surface area contributed by atoms with Gasteiger partial charge in [-0.2, -0.15) is 0 Å². The SMILES string of the molecule is CN1CCN(CC2(C)CCN(CC(C)(C)N)CC2)CC1. The van der Waals surface area contributed by atoms with Crippen LogP contribution in [0, 0.1) is 5.41 Å². The molecule has 2 fully saturated rings. The molecule has 0 spiro atoms. The van der Waals surface area contributed by atoms with Gasteiger partial charge in [-0.3, -0.25) is 0 Å². The lowest BCUT2D eigenvalue weighted by Crippen LogP contribution is -2.53. The molecule has 0 aromatic heterocycles. The molecular weight excluding hydrogens is 248 g/mol. The summed E-state index contributed by atoms with van der Waals surface area (Å²) in [4.78, 5) is 7.65. The molecule has 0 saturated carbocycles. The zero-order valence-corrected chi connectivity index (χ0v) is 14.0. The van der Waals surface area contributed by atoms with Gasteiger partial charge >= 0.3 is 0 Å². The van der Waals surface area contributed by atoms with Gasteiger partial charge in [0.15, 0.2) is 0 Å². The molecule has 20 heavy (non-hydrogen) atoms. The molecule has 0 atom stereocenters. The van der Waals surface area contributed by atoms with E-state index in [1.807, 2.05) is 0 Å². The van der Waals surface area contributed by atoms with Crippen molar-refractivity contribution in [3.63, 3.8) is 0 Å². The van der Waals surface area contributed by atoms with Crippen LogP contribution in [0.4, 0.5) is 0 Å². The van der Waals surface area contributed by atoms with Gasteiger partial charge in [-0.25, -0.2) is 0 Å². The Labute approximate surface area is 125 Å². The van der Waals surface area contributed by atoms with Gasteiger partial charge in [0.2, 0.25) is 0 Å². The highest BCUT2D eigenvalue weighted by molar-refractivity contribution is 4.88. The van der Waals surface area contributed by atoms with Crippen LogP contribution in [0.1, 0.15) is 33.6 Å². The maximum absolute atomic E-state index is 6.14. The van der Waals surface area contributed by atoms with Crippen molar-refractivity contribution in [2.45, 2.75) is 39.2 Å². The topological polar surface area (TPSA) is 35.7 Å². The Morgan fingerprint density at radius 3 is 2.00 bits per heavy atom. The summed E-state index contributed by atoms with van der Waals surface area (Å²) in [6, 6.07) is 0. The highest BCUT2D eigenvalue weighted by atomic mass is 15.3. The van der Waals surface area contributed by atoms with Crippen LogP contribution in [-0.4, -0.2) is 79.6 Å². The minimum atomic E-state index is -0.0643. The molecule has 2 saturated heterocycles. The normalized spacial score (nSPS) is 26.9. The van der Waals surface area contributed by atoms with E-state index in [-0.39, 0.29) is 5.54 Å². The van der Waals surface area contributed by atoms with Crippen molar-refractivity contribution in [1.82, 2.24) is 14.7 Å². The first-order chi connectivity index (χ1) is 9.26. The fourth-order valence-electron chi connectivity index (χ4n) is 3.53. The van der Waals surface area contributed by atoms with Crippen molar-refractivity contribution >= 4 is 0 Å². The summed E-state index contributed by atoms with van der Waals surface area (Å²) in [5.41, 5.74) is 6.58. The minimum absolute atomic E-state index is 0.0643. The van der Waals surface area contributed by atoms with Crippen molar-refractivity contribution in [2.75, 3.05) is 59.4 Å². The zero-order chi connectivity index (χ0) is 14.8. The second-order valence-corrected chi connectivity index (χ2v) is 8.15. The maximum Gasteiger partial charge on any atom is 0.0226 e. The van der Waals surface area contributed by atoms with E-state index in [2.05, 4.69) is 42.5 Å². The van der Waals surface area contributed by atoms with E-state index in [4.69, 9.17) is 5.73 Å². The first-order valence-electron chi connectivity index (χ1n) is 8.18. The van der Waals surface area contributed by atoms with Crippen LogP contribution in [0.25, 0.3) is 0 Å². The van der Waals surface area contributed by atoms with E-state index in [9.17, 15) is 0 Å². The largest absolute Gasteiger partial charge is 0.324 e. The van der Waals surface area contributed by atoms with E-state index in [1.54, 1.807) is 0 Å². The predicted octanol–water partition coefficient (Wildman–Crippen LogP) is 1.07. The van der Waals surface area contributed by atoms with E-state index in [1.165, 1.54) is 58.7 Å². The summed E-state index contributed by atoms with van der Waals surface area (Å²) in [5.74, 6) is 0. The first kappa shape index (κ1) is 16.2. The Bertz CT molecular complexity index is 294. The number of nitrogens with two attached hydrogens (primary N) is 1. The molecule has 0 radical (unpaired) electrons. The van der Waals surface area contributed by atoms with Crippen LogP contribution in [-0.2, 0) is 0 Å². The molecule has 2 heterocycles. The summed E-state index contributed by atoms with van der Waals surface area (Å²) in [7, 11) is 2.23. The number of likely N-dealkylation sites (N-methyl/N-ethyl adjacent to an activating group) is 1. The van der Waals surface area contributed by atoms with Gasteiger partial charge in [0.25, 0.3) is 0 Å². The van der Waals surface area contributed by atoms with Crippen LogP contribution in [0.5, 0.6) is 0 Å². The van der Waals surface area contributed by atoms with Gasteiger partial charge < -0.3 is 20.4 Å². The monoisotopic (exact) mass is 282 g/mol. The van der Waals surface area contributed by atoms with E-state index >= 15 is 0 Å². The third-order valence-corrected chi connectivity index (χ3v) is 4.90. The van der Waals surface area contributed by atoms with Gasteiger partial charge in [0, 0.05) is 44.8 Å². The predicted molar refractivity (Wildman–Crippen MR) is 86.0 cm³/mol. The average Bonchev–Trinajstić information content (AvgIpc) is 2.34. The smallest absolute Gasteiger partial charge is 0.0226 e. The van der Waals surface area contributed by atoms with Crippen molar-refractivity contribution < 1.29 is 0 Å². The minimum Gasteiger partial charge on any atom is -0.324 e. The van der Waals surface area contributed by atoms with E-state index < -0.39 is 0 Å². The first-order valence-corrected chi connectivity index (χ1v) is 8.18. The highest BCUT2D eigenvalue weighted by Crippen LogP contribution is 2.32. The summed E-state index contributed by atoms with van der Waals surface area (Å²) in [6.45, 7) is 16.4. The van der Waals surface area contributed by atoms with Crippen LogP contribution in [0.3, 0.4) is 0 Å². The second-order valence-electron chi connectivity index (χ2n) is 8.15. The molecule has 2 aliphatic rings. The Hall–Kier alpha value is -0.160. The Kier molecular flexibility index (Phi) is 5.11. The molecule has 0 unspecified atom stereocenters. The third kappa shape index (κ3) is 4.99. The average molecular weight is 282 g/mol. The molecule has 0 bridgehead atoms. The fourth-order valence-corrected chi connectivity index (χ4v) is 3.53. The highest BCUT2D eigenvalue weighted by Gasteiger charge is 2.33. The summed E-state index contributed by atoms with van der Waals surface area (Å²) in [5, 5.41) is 0. The lowest BCUT2D eigenvalue weighted by Gasteiger charge is -2.45. The Morgan fingerprint density at radius 2 is 1.50 bits per heavy atom. The molecule has 2 aliphatic heterocycles.